The first-order chi connectivity index (χ1) is 12.3. The van der Waals surface area contributed by atoms with Gasteiger partial charge in [0.25, 0.3) is 0 Å². The molecule has 0 radical (unpaired) electrons. The summed E-state index contributed by atoms with van der Waals surface area (Å²) in [5, 5.41) is 0. The fraction of sp³-hybridized carbons (Fsp3) is 0.350. The number of nitrogens with zero attached hydrogens (tertiary/aromatic N) is 5. The van der Waals surface area contributed by atoms with Gasteiger partial charge in [0.1, 0.15) is 5.82 Å². The lowest BCUT2D eigenvalue weighted by Crippen LogP contribution is -2.33. The molecule has 0 spiro atoms. The average molecular weight is 333 g/mol. The summed E-state index contributed by atoms with van der Waals surface area (Å²) in [5.74, 6) is 1.73. The number of piperidine rings is 1. The Bertz CT molecular complexity index is 819. The highest BCUT2D eigenvalue weighted by atomic mass is 15.1. The van der Waals surface area contributed by atoms with Crippen LogP contribution in [0.2, 0.25) is 0 Å². The van der Waals surface area contributed by atoms with E-state index in [9.17, 15) is 0 Å². The van der Waals surface area contributed by atoms with Crippen molar-refractivity contribution in [3.05, 3.63) is 72.3 Å². The van der Waals surface area contributed by atoms with Crippen LogP contribution in [0.25, 0.3) is 0 Å². The summed E-state index contributed by atoms with van der Waals surface area (Å²) >= 11 is 0. The Hall–Kier alpha value is -2.69. The van der Waals surface area contributed by atoms with Crippen molar-refractivity contribution in [1.82, 2.24) is 19.5 Å². The Morgan fingerprint density at radius 1 is 1.00 bits per heavy atom. The molecule has 128 valence electrons. The van der Waals surface area contributed by atoms with Crippen molar-refractivity contribution < 1.29 is 0 Å². The maximum Gasteiger partial charge on any atom is 0.112 e. The number of aryl methyl sites for hydroxylation is 1. The van der Waals surface area contributed by atoms with Crippen LogP contribution in [0.3, 0.4) is 0 Å². The zero-order valence-electron chi connectivity index (χ0n) is 14.5. The van der Waals surface area contributed by atoms with Crippen molar-refractivity contribution in [2.75, 3.05) is 18.0 Å². The molecule has 1 aliphatic rings. The lowest BCUT2D eigenvalue weighted by Gasteiger charge is -2.33. The number of hydrogen-bond donors (Lipinski definition) is 0. The molecule has 3 aromatic heterocycles. The Balaban J connectivity index is 1.44. The second-order valence-corrected chi connectivity index (χ2v) is 6.69. The topological polar surface area (TPSA) is 46.8 Å². The van der Waals surface area contributed by atoms with Crippen molar-refractivity contribution in [3.63, 3.8) is 0 Å². The first-order valence-corrected chi connectivity index (χ1v) is 8.87. The van der Waals surface area contributed by atoms with E-state index < -0.39 is 0 Å². The van der Waals surface area contributed by atoms with Crippen molar-refractivity contribution in [1.29, 1.82) is 0 Å². The maximum absolute atomic E-state index is 4.67. The summed E-state index contributed by atoms with van der Waals surface area (Å²) in [6.07, 6.45) is 11.9. The van der Waals surface area contributed by atoms with Crippen LogP contribution in [0.5, 0.6) is 0 Å². The second kappa shape index (κ2) is 7.05. The molecule has 25 heavy (non-hydrogen) atoms. The molecule has 1 fully saturated rings. The van der Waals surface area contributed by atoms with Gasteiger partial charge in [0.15, 0.2) is 0 Å². The third kappa shape index (κ3) is 3.55. The fourth-order valence-corrected chi connectivity index (χ4v) is 3.62. The molecule has 0 bridgehead atoms. The molecule has 1 aliphatic heterocycles. The van der Waals surface area contributed by atoms with Gasteiger partial charge in [0, 0.05) is 67.9 Å². The first-order valence-electron chi connectivity index (χ1n) is 8.87. The highest BCUT2D eigenvalue weighted by molar-refractivity contribution is 5.46. The van der Waals surface area contributed by atoms with E-state index in [2.05, 4.69) is 54.9 Å². The standard InChI is InChI=1S/C20H23N5/c1-16-14-19(4-9-22-16)24-11-5-18(6-12-24)20-23-10-13-25(20)15-17-2-7-21-8-3-17/h2-4,7-10,13-14,18H,5-6,11-12,15H2,1H3. The SMILES string of the molecule is Cc1cc(N2CCC(c3nccn3Cc3ccncc3)CC2)ccn1. The summed E-state index contributed by atoms with van der Waals surface area (Å²) in [5.41, 5.74) is 3.62. The third-order valence-corrected chi connectivity index (χ3v) is 4.96. The van der Waals surface area contributed by atoms with E-state index in [1.807, 2.05) is 31.7 Å². The van der Waals surface area contributed by atoms with Crippen molar-refractivity contribution >= 4 is 5.69 Å². The van der Waals surface area contributed by atoms with Crippen LogP contribution in [0, 0.1) is 6.92 Å². The Morgan fingerprint density at radius 2 is 1.80 bits per heavy atom. The number of pyridine rings is 2. The van der Waals surface area contributed by atoms with Crippen LogP contribution in [-0.2, 0) is 6.54 Å². The number of rotatable bonds is 4. The van der Waals surface area contributed by atoms with Crippen LogP contribution in [0.15, 0.2) is 55.2 Å². The summed E-state index contributed by atoms with van der Waals surface area (Å²) < 4.78 is 2.28. The molecule has 0 atom stereocenters. The van der Waals surface area contributed by atoms with Gasteiger partial charge in [-0.2, -0.15) is 0 Å². The summed E-state index contributed by atoms with van der Waals surface area (Å²) in [6.45, 7) is 5.04. The largest absolute Gasteiger partial charge is 0.371 e. The normalized spacial score (nSPS) is 15.5. The predicted molar refractivity (Wildman–Crippen MR) is 98.7 cm³/mol. The zero-order valence-corrected chi connectivity index (χ0v) is 14.5. The molecule has 5 heteroatoms. The fourth-order valence-electron chi connectivity index (χ4n) is 3.62. The second-order valence-electron chi connectivity index (χ2n) is 6.69. The predicted octanol–water partition coefficient (Wildman–Crippen LogP) is 3.41. The number of anilines is 1. The van der Waals surface area contributed by atoms with E-state index in [0.29, 0.717) is 5.92 Å². The number of aromatic nitrogens is 4. The molecule has 1 saturated heterocycles. The van der Waals surface area contributed by atoms with Crippen LogP contribution < -0.4 is 4.90 Å². The third-order valence-electron chi connectivity index (χ3n) is 4.96. The van der Waals surface area contributed by atoms with E-state index in [1.54, 1.807) is 0 Å². The van der Waals surface area contributed by atoms with Gasteiger partial charge >= 0.3 is 0 Å². The highest BCUT2D eigenvalue weighted by Crippen LogP contribution is 2.30. The minimum absolute atomic E-state index is 0.524. The van der Waals surface area contributed by atoms with Gasteiger partial charge in [-0.15, -0.1) is 0 Å². The minimum Gasteiger partial charge on any atom is -0.371 e. The van der Waals surface area contributed by atoms with Gasteiger partial charge in [-0.05, 0) is 49.6 Å². The molecular weight excluding hydrogens is 310 g/mol. The first kappa shape index (κ1) is 15.8. The molecule has 0 N–H and O–H groups in total. The Labute approximate surface area is 148 Å². The van der Waals surface area contributed by atoms with Gasteiger partial charge in [-0.1, -0.05) is 0 Å². The van der Waals surface area contributed by atoms with Crippen molar-refractivity contribution in [2.24, 2.45) is 0 Å². The summed E-state index contributed by atoms with van der Waals surface area (Å²) in [6, 6.07) is 8.42. The quantitative estimate of drug-likeness (QED) is 0.734. The van der Waals surface area contributed by atoms with Crippen molar-refractivity contribution in [3.8, 4) is 0 Å². The van der Waals surface area contributed by atoms with Gasteiger partial charge in [-0.25, -0.2) is 4.98 Å². The molecule has 4 rings (SSSR count). The number of hydrogen-bond acceptors (Lipinski definition) is 4. The van der Waals surface area contributed by atoms with Gasteiger partial charge < -0.3 is 9.47 Å². The smallest absolute Gasteiger partial charge is 0.112 e. The monoisotopic (exact) mass is 333 g/mol. The molecule has 4 heterocycles. The van der Waals surface area contributed by atoms with Gasteiger partial charge in [0.05, 0.1) is 0 Å². The molecular formula is C20H23N5. The highest BCUT2D eigenvalue weighted by Gasteiger charge is 2.24. The Morgan fingerprint density at radius 3 is 2.56 bits per heavy atom. The molecule has 0 aromatic carbocycles. The van der Waals surface area contributed by atoms with Gasteiger partial charge in [0.2, 0.25) is 0 Å². The van der Waals surface area contributed by atoms with Crippen LogP contribution in [0.4, 0.5) is 5.69 Å². The van der Waals surface area contributed by atoms with Crippen LogP contribution >= 0.6 is 0 Å². The average Bonchev–Trinajstić information content (AvgIpc) is 3.11. The number of imidazole rings is 1. The molecule has 0 aliphatic carbocycles. The molecule has 0 unspecified atom stereocenters. The van der Waals surface area contributed by atoms with Crippen LogP contribution in [0.1, 0.15) is 35.8 Å². The lowest BCUT2D eigenvalue weighted by molar-refractivity contribution is 0.470. The van der Waals surface area contributed by atoms with E-state index in [1.165, 1.54) is 17.1 Å². The van der Waals surface area contributed by atoms with Crippen LogP contribution in [-0.4, -0.2) is 32.6 Å². The molecule has 0 saturated carbocycles. The molecule has 5 nitrogen and oxygen atoms in total. The molecule has 3 aromatic rings. The van der Waals surface area contributed by atoms with Gasteiger partial charge in [-0.3, -0.25) is 9.97 Å². The summed E-state index contributed by atoms with van der Waals surface area (Å²) in [7, 11) is 0. The molecule has 0 amide bonds. The van der Waals surface area contributed by atoms with Crippen molar-refractivity contribution in [2.45, 2.75) is 32.2 Å². The summed E-state index contributed by atoms with van der Waals surface area (Å²) in [4.78, 5) is 15.5. The van der Waals surface area contributed by atoms with E-state index in [4.69, 9.17) is 0 Å². The maximum atomic E-state index is 4.67. The minimum atomic E-state index is 0.524. The van der Waals surface area contributed by atoms with E-state index >= 15 is 0 Å². The lowest BCUT2D eigenvalue weighted by atomic mass is 9.95. The van der Waals surface area contributed by atoms with E-state index in [-0.39, 0.29) is 0 Å². The van der Waals surface area contributed by atoms with E-state index in [0.717, 1.165) is 38.2 Å². The Kier molecular flexibility index (Phi) is 4.46. The zero-order chi connectivity index (χ0) is 17.1.